The average Bonchev–Trinajstić information content (AvgIpc) is 1.85. The van der Waals surface area contributed by atoms with Gasteiger partial charge in [-0.2, -0.15) is 0 Å². The first-order valence-corrected chi connectivity index (χ1v) is 3.68. The topological polar surface area (TPSA) is 17.1 Å². The van der Waals surface area contributed by atoms with Crippen molar-refractivity contribution in [3.05, 3.63) is 11.9 Å². The molecule has 0 bridgehead atoms. The first-order chi connectivity index (χ1) is 5.11. The van der Waals surface area contributed by atoms with E-state index in [4.69, 9.17) is 11.6 Å². The Morgan fingerprint density at radius 3 is 2.82 bits per heavy atom. The summed E-state index contributed by atoms with van der Waals surface area (Å²) < 4.78 is 25.1. The van der Waals surface area contributed by atoms with Gasteiger partial charge in [-0.1, -0.05) is 0 Å². The van der Waals surface area contributed by atoms with E-state index in [9.17, 15) is 13.6 Å². The first kappa shape index (κ1) is 8.65. The van der Waals surface area contributed by atoms with Crippen molar-refractivity contribution in [1.82, 2.24) is 0 Å². The van der Waals surface area contributed by atoms with Crippen LogP contribution in [0, 0.1) is 5.92 Å². The van der Waals surface area contributed by atoms with Crippen molar-refractivity contribution in [2.24, 2.45) is 5.92 Å². The lowest BCUT2D eigenvalue weighted by atomic mass is 9.93. The number of halogens is 3. The predicted octanol–water partition coefficient (Wildman–Crippen LogP) is 2.35. The van der Waals surface area contributed by atoms with Crippen LogP contribution in [0.1, 0.15) is 12.8 Å². The molecule has 1 nitrogen and oxygen atoms in total. The summed E-state index contributed by atoms with van der Waals surface area (Å²) in [5.41, 5.74) is 0. The molecular formula is C7H7ClF2O. The lowest BCUT2D eigenvalue weighted by Crippen LogP contribution is -2.23. The maximum Gasteiger partial charge on any atom is 0.227 e. The summed E-state index contributed by atoms with van der Waals surface area (Å²) in [7, 11) is 0. The second-order valence-electron chi connectivity index (χ2n) is 2.51. The zero-order valence-electron chi connectivity index (χ0n) is 5.69. The molecule has 0 radical (unpaired) electrons. The average molecular weight is 181 g/mol. The van der Waals surface area contributed by atoms with Crippen LogP contribution in [0.25, 0.3) is 0 Å². The highest BCUT2D eigenvalue weighted by Crippen LogP contribution is 2.28. The van der Waals surface area contributed by atoms with Crippen LogP contribution >= 0.6 is 11.6 Å². The molecule has 0 heterocycles. The Morgan fingerprint density at radius 2 is 2.36 bits per heavy atom. The second-order valence-corrected chi connectivity index (χ2v) is 2.88. The van der Waals surface area contributed by atoms with Crippen molar-refractivity contribution < 1.29 is 13.6 Å². The maximum atomic E-state index is 12.7. The van der Waals surface area contributed by atoms with E-state index in [1.165, 1.54) is 0 Å². The number of alkyl halides is 1. The summed E-state index contributed by atoms with van der Waals surface area (Å²) in [6, 6.07) is 0. The van der Waals surface area contributed by atoms with Crippen LogP contribution in [0.4, 0.5) is 8.78 Å². The molecule has 0 saturated heterocycles. The first-order valence-electron chi connectivity index (χ1n) is 3.31. The third-order valence-electron chi connectivity index (χ3n) is 1.71. The van der Waals surface area contributed by atoms with Gasteiger partial charge in [-0.3, -0.25) is 4.79 Å². The van der Waals surface area contributed by atoms with Gasteiger partial charge in [-0.05, 0) is 30.5 Å². The molecule has 0 amide bonds. The largest absolute Gasteiger partial charge is 0.281 e. The summed E-state index contributed by atoms with van der Waals surface area (Å²) in [5, 5.41) is -0.721. The van der Waals surface area contributed by atoms with Crippen molar-refractivity contribution in [2.75, 3.05) is 0 Å². The molecule has 4 heteroatoms. The van der Waals surface area contributed by atoms with Crippen LogP contribution in [0.15, 0.2) is 11.9 Å². The van der Waals surface area contributed by atoms with Crippen LogP contribution in [-0.4, -0.2) is 11.4 Å². The van der Waals surface area contributed by atoms with Gasteiger partial charge in [0.05, 0.1) is 11.7 Å². The molecule has 0 N–H and O–H groups in total. The van der Waals surface area contributed by atoms with Gasteiger partial charge in [-0.15, -0.1) is 0 Å². The summed E-state index contributed by atoms with van der Waals surface area (Å²) in [6.45, 7) is 0. The Balaban J connectivity index is 2.68. The minimum Gasteiger partial charge on any atom is -0.281 e. The summed E-state index contributed by atoms with van der Waals surface area (Å²) in [5.74, 6) is -1.34. The fourth-order valence-electron chi connectivity index (χ4n) is 1.06. The van der Waals surface area contributed by atoms with E-state index in [1.54, 1.807) is 0 Å². The Hall–Kier alpha value is -0.440. The monoisotopic (exact) mass is 180 g/mol. The van der Waals surface area contributed by atoms with E-state index in [-0.39, 0.29) is 12.8 Å². The van der Waals surface area contributed by atoms with Gasteiger partial charge < -0.3 is 0 Å². The summed E-state index contributed by atoms with van der Waals surface area (Å²) >= 11 is 5.07. The van der Waals surface area contributed by atoms with Crippen molar-refractivity contribution in [2.45, 2.75) is 19.0 Å². The third kappa shape index (κ3) is 1.99. The highest BCUT2D eigenvalue weighted by atomic mass is 35.5. The lowest BCUT2D eigenvalue weighted by molar-refractivity contribution is -0.116. The Bertz CT molecular complexity index is 203. The molecule has 0 aromatic heterocycles. The van der Waals surface area contributed by atoms with Crippen LogP contribution in [0.3, 0.4) is 0 Å². The van der Waals surface area contributed by atoms with Gasteiger partial charge in [0.1, 0.15) is 6.17 Å². The highest BCUT2D eigenvalue weighted by molar-refractivity contribution is 6.64. The minimum absolute atomic E-state index is 0.115. The number of rotatable bonds is 1. The van der Waals surface area contributed by atoms with Crippen LogP contribution < -0.4 is 0 Å². The number of carbonyl (C=O) groups is 1. The summed E-state index contributed by atoms with van der Waals surface area (Å²) in [6.07, 6.45) is -0.446. The summed E-state index contributed by atoms with van der Waals surface area (Å²) in [4.78, 5) is 10.5. The van der Waals surface area contributed by atoms with Crippen molar-refractivity contribution in [3.63, 3.8) is 0 Å². The SMILES string of the molecule is O=C(Cl)C1CCC(F)=CC1F. The molecule has 0 spiro atoms. The minimum atomic E-state index is -1.55. The molecule has 11 heavy (non-hydrogen) atoms. The van der Waals surface area contributed by atoms with E-state index in [0.717, 1.165) is 6.08 Å². The molecule has 0 aromatic carbocycles. The van der Waals surface area contributed by atoms with Crippen LogP contribution in [0.2, 0.25) is 0 Å². The molecule has 1 aliphatic rings. The van der Waals surface area contributed by atoms with Gasteiger partial charge in [0.2, 0.25) is 5.24 Å². The molecule has 2 atom stereocenters. The van der Waals surface area contributed by atoms with E-state index in [0.29, 0.717) is 0 Å². The quantitative estimate of drug-likeness (QED) is 0.566. The zero-order valence-corrected chi connectivity index (χ0v) is 6.44. The van der Waals surface area contributed by atoms with Crippen LogP contribution in [-0.2, 0) is 4.79 Å². The van der Waals surface area contributed by atoms with Gasteiger partial charge in [0.15, 0.2) is 0 Å². The van der Waals surface area contributed by atoms with Crippen molar-refractivity contribution >= 4 is 16.8 Å². The Labute approximate surface area is 68.0 Å². The molecule has 0 fully saturated rings. The molecule has 62 valence electrons. The number of hydrogen-bond acceptors (Lipinski definition) is 1. The third-order valence-corrected chi connectivity index (χ3v) is 1.99. The lowest BCUT2D eigenvalue weighted by Gasteiger charge is -2.18. The molecule has 0 saturated carbocycles. The number of hydrogen-bond donors (Lipinski definition) is 0. The highest BCUT2D eigenvalue weighted by Gasteiger charge is 2.29. The Morgan fingerprint density at radius 1 is 1.73 bits per heavy atom. The molecular weight excluding hydrogens is 174 g/mol. The van der Waals surface area contributed by atoms with E-state index < -0.39 is 23.2 Å². The van der Waals surface area contributed by atoms with Gasteiger partial charge in [0, 0.05) is 0 Å². The zero-order chi connectivity index (χ0) is 8.43. The molecule has 1 aliphatic carbocycles. The van der Waals surface area contributed by atoms with E-state index in [2.05, 4.69) is 0 Å². The van der Waals surface area contributed by atoms with Gasteiger partial charge >= 0.3 is 0 Å². The van der Waals surface area contributed by atoms with E-state index >= 15 is 0 Å². The fraction of sp³-hybridized carbons (Fsp3) is 0.571. The second kappa shape index (κ2) is 3.30. The van der Waals surface area contributed by atoms with Gasteiger partial charge in [-0.25, -0.2) is 8.78 Å². The maximum absolute atomic E-state index is 12.7. The fourth-order valence-corrected chi connectivity index (χ4v) is 1.29. The number of carbonyl (C=O) groups excluding carboxylic acids is 1. The van der Waals surface area contributed by atoms with Gasteiger partial charge in [0.25, 0.3) is 0 Å². The normalized spacial score (nSPS) is 31.4. The standard InChI is InChI=1S/C7H7ClF2O/c8-7(11)5-2-1-4(9)3-6(5)10/h3,5-6H,1-2H2. The Kier molecular flexibility index (Phi) is 2.60. The molecule has 0 aromatic rings. The smallest absolute Gasteiger partial charge is 0.227 e. The van der Waals surface area contributed by atoms with Crippen LogP contribution in [0.5, 0.6) is 0 Å². The predicted molar refractivity (Wildman–Crippen MR) is 37.7 cm³/mol. The molecule has 0 aliphatic heterocycles. The molecule has 1 rings (SSSR count). The van der Waals surface area contributed by atoms with Crippen molar-refractivity contribution in [3.8, 4) is 0 Å². The molecule has 2 unspecified atom stereocenters. The number of allylic oxidation sites excluding steroid dienone is 2. The van der Waals surface area contributed by atoms with E-state index in [1.807, 2.05) is 0 Å². The van der Waals surface area contributed by atoms with Crippen molar-refractivity contribution in [1.29, 1.82) is 0 Å².